The van der Waals surface area contributed by atoms with Gasteiger partial charge >= 0.3 is 0 Å². The van der Waals surface area contributed by atoms with Crippen LogP contribution in [0.4, 0.5) is 0 Å². The van der Waals surface area contributed by atoms with Crippen molar-refractivity contribution in [2.75, 3.05) is 30.1 Å². The van der Waals surface area contributed by atoms with E-state index >= 15 is 0 Å². The maximum absolute atomic E-state index is 10.7. The lowest BCUT2D eigenvalue weighted by Gasteiger charge is -2.09. The molecule has 0 aliphatic carbocycles. The van der Waals surface area contributed by atoms with Gasteiger partial charge < -0.3 is 0 Å². The molecule has 0 heterocycles. The maximum Gasteiger partial charge on any atom is 0.228 e. The van der Waals surface area contributed by atoms with Crippen LogP contribution in [0.3, 0.4) is 0 Å². The fourth-order valence-corrected chi connectivity index (χ4v) is 3.83. The number of amides is 2. The highest BCUT2D eigenvalue weighted by atomic mass is 32.2. The summed E-state index contributed by atoms with van der Waals surface area (Å²) >= 11 is 4.20. The van der Waals surface area contributed by atoms with E-state index in [9.17, 15) is 9.59 Å². The smallest absolute Gasteiger partial charge is 0.228 e. The van der Waals surface area contributed by atoms with Crippen molar-refractivity contribution in [2.24, 2.45) is 5.92 Å². The Labute approximate surface area is 215 Å². The van der Waals surface area contributed by atoms with Crippen LogP contribution in [-0.2, 0) is 9.59 Å². The van der Waals surface area contributed by atoms with E-state index in [2.05, 4.69) is 77.9 Å². The highest BCUT2D eigenvalue weighted by Crippen LogP contribution is 2.11. The van der Waals surface area contributed by atoms with Crippen molar-refractivity contribution >= 4 is 35.3 Å². The number of hydrogen-bond acceptors (Lipinski definition) is 6. The van der Waals surface area contributed by atoms with Crippen molar-refractivity contribution < 1.29 is 20.1 Å². The first-order chi connectivity index (χ1) is 15.7. The molecule has 0 aromatic heterocycles. The maximum atomic E-state index is 10.7. The van der Waals surface area contributed by atoms with Gasteiger partial charge in [0.1, 0.15) is 0 Å². The average molecular weight is 512 g/mol. The van der Waals surface area contributed by atoms with Gasteiger partial charge in [0.25, 0.3) is 0 Å². The van der Waals surface area contributed by atoms with E-state index in [0.717, 1.165) is 10.8 Å². The van der Waals surface area contributed by atoms with Crippen LogP contribution in [0, 0.1) is 5.92 Å². The Morgan fingerprint density at radius 1 is 0.909 bits per heavy atom. The van der Waals surface area contributed by atoms with Gasteiger partial charge in [-0.15, -0.1) is 19.7 Å². The number of rotatable bonds is 11. The fourth-order valence-electron chi connectivity index (χ4n) is 1.55. The minimum absolute atomic E-state index is 0.137. The van der Waals surface area contributed by atoms with Gasteiger partial charge in [0.05, 0.1) is 0 Å². The molecule has 0 spiro atoms. The predicted molar refractivity (Wildman–Crippen MR) is 156 cm³/mol. The molecule has 0 radical (unpaired) electrons. The monoisotopic (exact) mass is 511 g/mol. The SMILES string of the molecule is C=C.C=CC.CCC(=O)N(C)C(C)=O.CCCCC.CCCSCCSCCC(C)C.OO. The highest BCUT2D eigenvalue weighted by molar-refractivity contribution is 8.02. The number of hydrogen-bond donors (Lipinski definition) is 2. The van der Waals surface area contributed by atoms with E-state index in [4.69, 9.17) is 10.5 Å². The number of nitrogens with zero attached hydrogens (tertiary/aromatic N) is 1. The zero-order valence-corrected chi connectivity index (χ0v) is 25.0. The van der Waals surface area contributed by atoms with Crippen molar-refractivity contribution in [3.8, 4) is 0 Å². The molecule has 2 N–H and O–H groups in total. The number of imide groups is 1. The van der Waals surface area contributed by atoms with Crippen LogP contribution in [0.5, 0.6) is 0 Å². The quantitative estimate of drug-likeness (QED) is 0.125. The first kappa shape index (κ1) is 45.7. The molecule has 0 aliphatic heterocycles. The fraction of sp³-hybridized carbons (Fsp3) is 0.769. The van der Waals surface area contributed by atoms with Gasteiger partial charge in [-0.3, -0.25) is 25.0 Å². The molecule has 0 aliphatic rings. The standard InChI is InChI=1S/C10H22S2.C6H11NO2.C5H12.C3H6.C2H4.H2O2/c1-4-6-11-8-9-12-7-5-10(2)3;1-4-6(9)7(3)5(2)8;1-3-5-4-2;1-3-2;2*1-2/h10H,4-9H2,1-3H3;4H2,1-3H3;3-5H2,1-2H3;3H,1H2,2H3;1-2H2;1-2H. The van der Waals surface area contributed by atoms with E-state index in [1.54, 1.807) is 13.0 Å². The second-order valence-electron chi connectivity index (χ2n) is 6.99. The summed E-state index contributed by atoms with van der Waals surface area (Å²) in [6.45, 7) is 25.6. The van der Waals surface area contributed by atoms with Crippen molar-refractivity contribution in [2.45, 2.75) is 93.9 Å². The summed E-state index contributed by atoms with van der Waals surface area (Å²) in [5, 5.41) is 12.0. The molecule has 0 aromatic carbocycles. The summed E-state index contributed by atoms with van der Waals surface area (Å²) in [7, 11) is 1.48. The first-order valence-corrected chi connectivity index (χ1v) is 14.2. The topological polar surface area (TPSA) is 77.8 Å². The third-order valence-corrected chi connectivity index (χ3v) is 5.88. The Kier molecular flexibility index (Phi) is 67.3. The first-order valence-electron chi connectivity index (χ1n) is 11.9. The van der Waals surface area contributed by atoms with Gasteiger partial charge in [0.15, 0.2) is 0 Å². The molecule has 0 rings (SSSR count). The van der Waals surface area contributed by atoms with Gasteiger partial charge in [0.2, 0.25) is 11.8 Å². The largest absolute Gasteiger partial charge is 0.286 e. The predicted octanol–water partition coefficient (Wildman–Crippen LogP) is 8.52. The zero-order chi connectivity index (χ0) is 27.5. The molecule has 33 heavy (non-hydrogen) atoms. The Balaban J connectivity index is -0.0000000764. The zero-order valence-electron chi connectivity index (χ0n) is 23.3. The third kappa shape index (κ3) is 65.2. The molecule has 0 unspecified atom stereocenters. The molecule has 5 nitrogen and oxygen atoms in total. The lowest BCUT2D eigenvalue weighted by molar-refractivity contribution is -0.176. The number of thioether (sulfide) groups is 2. The second-order valence-corrected chi connectivity index (χ2v) is 9.44. The van der Waals surface area contributed by atoms with Crippen LogP contribution in [0.25, 0.3) is 0 Å². The van der Waals surface area contributed by atoms with Crippen LogP contribution in [0.1, 0.15) is 93.9 Å². The summed E-state index contributed by atoms with van der Waals surface area (Å²) in [6.07, 6.45) is 8.91. The molecule has 0 saturated carbocycles. The molecule has 202 valence electrons. The normalized spacial score (nSPS) is 8.36. The summed E-state index contributed by atoms with van der Waals surface area (Å²) < 4.78 is 0. The third-order valence-electron chi connectivity index (χ3n) is 3.42. The van der Waals surface area contributed by atoms with Crippen molar-refractivity contribution in [1.82, 2.24) is 4.90 Å². The van der Waals surface area contributed by atoms with E-state index in [1.807, 2.05) is 6.92 Å². The molecule has 0 saturated heterocycles. The van der Waals surface area contributed by atoms with Crippen molar-refractivity contribution in [1.29, 1.82) is 0 Å². The lowest BCUT2D eigenvalue weighted by Crippen LogP contribution is -2.30. The summed E-state index contributed by atoms with van der Waals surface area (Å²) in [4.78, 5) is 22.2. The van der Waals surface area contributed by atoms with Gasteiger partial charge in [0, 0.05) is 31.9 Å². The average Bonchev–Trinajstić information content (AvgIpc) is 2.81. The molecular formula is C26H57NO4S2. The molecule has 0 aromatic rings. The second kappa shape index (κ2) is 48.6. The summed E-state index contributed by atoms with van der Waals surface area (Å²) in [5.74, 6) is 5.91. The molecule has 0 bridgehead atoms. The number of carbonyl (C=O) groups is 2. The van der Waals surface area contributed by atoms with Gasteiger partial charge in [-0.2, -0.15) is 23.5 Å². The molecule has 7 heteroatoms. The molecular weight excluding hydrogens is 454 g/mol. The van der Waals surface area contributed by atoms with Crippen LogP contribution < -0.4 is 0 Å². The Morgan fingerprint density at radius 3 is 1.52 bits per heavy atom. The lowest BCUT2D eigenvalue weighted by atomic mass is 10.2. The molecule has 0 fully saturated rings. The van der Waals surface area contributed by atoms with Crippen LogP contribution >= 0.6 is 23.5 Å². The van der Waals surface area contributed by atoms with E-state index < -0.39 is 0 Å². The minimum atomic E-state index is -0.207. The summed E-state index contributed by atoms with van der Waals surface area (Å²) in [6, 6.07) is 0. The van der Waals surface area contributed by atoms with Crippen LogP contribution in [-0.4, -0.2) is 57.3 Å². The van der Waals surface area contributed by atoms with Crippen LogP contribution in [0.2, 0.25) is 0 Å². The summed E-state index contributed by atoms with van der Waals surface area (Å²) in [5.41, 5.74) is 0. The Bertz CT molecular complexity index is 366. The Morgan fingerprint density at radius 2 is 1.30 bits per heavy atom. The van der Waals surface area contributed by atoms with Crippen molar-refractivity contribution in [3.63, 3.8) is 0 Å². The van der Waals surface area contributed by atoms with Crippen molar-refractivity contribution in [3.05, 3.63) is 25.8 Å². The van der Waals surface area contributed by atoms with Gasteiger partial charge in [-0.05, 0) is 37.2 Å². The number of allylic oxidation sites excluding steroid dienone is 1. The minimum Gasteiger partial charge on any atom is -0.286 e. The Hall–Kier alpha value is -0.760. The van der Waals surface area contributed by atoms with E-state index in [1.165, 1.54) is 69.1 Å². The molecule has 2 amide bonds. The molecule has 0 atom stereocenters. The number of carbonyl (C=O) groups excluding carboxylic acids is 2. The highest BCUT2D eigenvalue weighted by Gasteiger charge is 2.08. The number of unbranched alkanes of at least 4 members (excludes halogenated alkanes) is 2. The van der Waals surface area contributed by atoms with E-state index in [-0.39, 0.29) is 11.8 Å². The van der Waals surface area contributed by atoms with Crippen LogP contribution in [0.15, 0.2) is 25.8 Å². The van der Waals surface area contributed by atoms with Gasteiger partial charge in [-0.1, -0.05) is 66.9 Å². The van der Waals surface area contributed by atoms with E-state index in [0.29, 0.717) is 6.42 Å². The van der Waals surface area contributed by atoms with Gasteiger partial charge in [-0.25, -0.2) is 0 Å².